The van der Waals surface area contributed by atoms with Crippen molar-refractivity contribution in [1.82, 2.24) is 39.3 Å². The summed E-state index contributed by atoms with van der Waals surface area (Å²) in [4.78, 5) is 31.4. The molecule has 0 saturated heterocycles. The van der Waals surface area contributed by atoms with Crippen LogP contribution in [0.2, 0.25) is 0 Å². The third-order valence-corrected chi connectivity index (χ3v) is 6.97. The van der Waals surface area contributed by atoms with Gasteiger partial charge in [-0.25, -0.2) is 14.7 Å². The number of hydrogen-bond donors (Lipinski definition) is 1. The number of imidazole rings is 1. The van der Waals surface area contributed by atoms with Gasteiger partial charge in [0.1, 0.15) is 11.4 Å². The average Bonchev–Trinajstić information content (AvgIpc) is 3.73. The van der Waals surface area contributed by atoms with Crippen LogP contribution in [-0.4, -0.2) is 51.9 Å². The number of esters is 1. The normalized spacial score (nSPS) is 11.3. The molecule has 0 bridgehead atoms. The largest absolute Gasteiger partial charge is 0.462 e. The van der Waals surface area contributed by atoms with Crippen LogP contribution >= 0.6 is 0 Å². The fraction of sp³-hybridized carbons (Fsp3) is 0.333. The fourth-order valence-corrected chi connectivity index (χ4v) is 4.92. The van der Waals surface area contributed by atoms with E-state index in [1.54, 1.807) is 28.3 Å². The van der Waals surface area contributed by atoms with E-state index in [4.69, 9.17) is 4.74 Å². The van der Waals surface area contributed by atoms with Crippen molar-refractivity contribution >= 4 is 5.97 Å². The number of nitrogens with one attached hydrogen (secondary N) is 1. The molecule has 212 valence electrons. The summed E-state index contributed by atoms with van der Waals surface area (Å²) in [5.74, 6) is 0.651. The van der Waals surface area contributed by atoms with Crippen LogP contribution in [0.5, 0.6) is 0 Å². The zero-order valence-electron chi connectivity index (χ0n) is 23.7. The van der Waals surface area contributed by atoms with Gasteiger partial charge >= 0.3 is 11.7 Å². The summed E-state index contributed by atoms with van der Waals surface area (Å²) in [6.45, 7) is 8.47. The van der Waals surface area contributed by atoms with Crippen LogP contribution in [-0.2, 0) is 17.7 Å². The van der Waals surface area contributed by atoms with Gasteiger partial charge in [-0.15, -0.1) is 5.10 Å². The van der Waals surface area contributed by atoms with Crippen molar-refractivity contribution in [1.29, 1.82) is 0 Å². The summed E-state index contributed by atoms with van der Waals surface area (Å²) in [7, 11) is 0. The summed E-state index contributed by atoms with van der Waals surface area (Å²) in [6, 6.07) is 13.6. The van der Waals surface area contributed by atoms with E-state index in [2.05, 4.69) is 32.5 Å². The first-order valence-electron chi connectivity index (χ1n) is 13.9. The molecule has 1 N–H and O–H groups in total. The first-order chi connectivity index (χ1) is 19.9. The second-order valence-electron chi connectivity index (χ2n) is 10.1. The lowest BCUT2D eigenvalue weighted by molar-refractivity contribution is 0.0526. The van der Waals surface area contributed by atoms with Gasteiger partial charge < -0.3 is 9.30 Å². The SMILES string of the molecule is CCCCc1cn(-c2c(C(=O)OCC)ccn2C(C)C)c(=O)n1Cc1cc(-c2cccc(-c3nnn[nH]3)c2)ccn1. The molecule has 0 amide bonds. The first-order valence-corrected chi connectivity index (χ1v) is 13.9. The van der Waals surface area contributed by atoms with Crippen molar-refractivity contribution in [2.75, 3.05) is 6.61 Å². The molecule has 11 heteroatoms. The highest BCUT2D eigenvalue weighted by Crippen LogP contribution is 2.25. The van der Waals surface area contributed by atoms with Gasteiger partial charge in [-0.1, -0.05) is 31.5 Å². The standard InChI is InChI=1S/C30H34N8O3/c1-5-7-11-25-19-38(28-26(29(39)41-6-2)13-15-36(28)20(3)4)30(40)37(25)18-24-17-22(12-14-31-24)21-9-8-10-23(16-21)27-32-34-35-33-27/h8-10,12-17,19-20H,5-7,11,18H2,1-4H3,(H,32,33,34,35). The number of aryl methyl sites for hydroxylation is 1. The quantitative estimate of drug-likeness (QED) is 0.232. The average molecular weight is 555 g/mol. The maximum Gasteiger partial charge on any atom is 0.341 e. The number of pyridine rings is 1. The number of hydrogen-bond acceptors (Lipinski definition) is 7. The summed E-state index contributed by atoms with van der Waals surface area (Å²) in [6.07, 6.45) is 8.08. The lowest BCUT2D eigenvalue weighted by atomic mass is 10.0. The van der Waals surface area contributed by atoms with E-state index in [-0.39, 0.29) is 18.3 Å². The topological polar surface area (TPSA) is 126 Å². The molecule has 0 fully saturated rings. The van der Waals surface area contributed by atoms with Crippen molar-refractivity contribution in [3.8, 4) is 28.3 Å². The number of nitrogens with zero attached hydrogens (tertiary/aromatic N) is 7. The van der Waals surface area contributed by atoms with Crippen molar-refractivity contribution in [2.24, 2.45) is 0 Å². The summed E-state index contributed by atoms with van der Waals surface area (Å²) < 4.78 is 10.6. The molecule has 0 unspecified atom stereocenters. The van der Waals surface area contributed by atoms with E-state index in [1.165, 1.54) is 0 Å². The second kappa shape index (κ2) is 12.2. The minimum absolute atomic E-state index is 0.0318. The van der Waals surface area contributed by atoms with Crippen LogP contribution < -0.4 is 5.69 Å². The predicted octanol–water partition coefficient (Wildman–Crippen LogP) is 4.83. The molecular formula is C30H34N8O3. The van der Waals surface area contributed by atoms with Crippen LogP contribution in [0, 0.1) is 0 Å². The van der Waals surface area contributed by atoms with E-state index >= 15 is 0 Å². The van der Waals surface area contributed by atoms with Crippen LogP contribution in [0.3, 0.4) is 0 Å². The lowest BCUT2D eigenvalue weighted by Gasteiger charge is -2.14. The van der Waals surface area contributed by atoms with E-state index in [1.807, 2.05) is 67.2 Å². The minimum atomic E-state index is -0.450. The number of ether oxygens (including phenoxy) is 1. The molecule has 0 atom stereocenters. The monoisotopic (exact) mass is 554 g/mol. The second-order valence-corrected chi connectivity index (χ2v) is 10.1. The molecule has 0 radical (unpaired) electrons. The first kappa shape index (κ1) is 27.8. The Bertz CT molecular complexity index is 1690. The van der Waals surface area contributed by atoms with Crippen LogP contribution in [0.1, 0.15) is 68.3 Å². The number of carbonyl (C=O) groups is 1. The molecule has 1 aromatic carbocycles. The third-order valence-electron chi connectivity index (χ3n) is 6.97. The van der Waals surface area contributed by atoms with Gasteiger partial charge in [0, 0.05) is 35.9 Å². The van der Waals surface area contributed by atoms with Gasteiger partial charge in [0.15, 0.2) is 5.82 Å². The van der Waals surface area contributed by atoms with E-state index in [9.17, 15) is 9.59 Å². The molecule has 41 heavy (non-hydrogen) atoms. The highest BCUT2D eigenvalue weighted by Gasteiger charge is 2.24. The number of benzene rings is 1. The van der Waals surface area contributed by atoms with Gasteiger partial charge in [0.05, 0.1) is 18.8 Å². The minimum Gasteiger partial charge on any atom is -0.462 e. The van der Waals surface area contributed by atoms with E-state index in [0.29, 0.717) is 23.8 Å². The van der Waals surface area contributed by atoms with Crippen molar-refractivity contribution < 1.29 is 9.53 Å². The summed E-state index contributed by atoms with van der Waals surface area (Å²) in [5.41, 5.74) is 4.58. The van der Waals surface area contributed by atoms with E-state index in [0.717, 1.165) is 47.3 Å². The number of aromatic amines is 1. The van der Waals surface area contributed by atoms with Crippen molar-refractivity contribution in [3.63, 3.8) is 0 Å². The van der Waals surface area contributed by atoms with Gasteiger partial charge in [0.2, 0.25) is 0 Å². The van der Waals surface area contributed by atoms with E-state index < -0.39 is 5.97 Å². The molecule has 0 aliphatic heterocycles. The number of rotatable bonds is 11. The zero-order valence-corrected chi connectivity index (χ0v) is 23.7. The van der Waals surface area contributed by atoms with Gasteiger partial charge in [-0.3, -0.25) is 14.1 Å². The smallest absolute Gasteiger partial charge is 0.341 e. The molecular weight excluding hydrogens is 520 g/mol. The summed E-state index contributed by atoms with van der Waals surface area (Å²) >= 11 is 0. The fourth-order valence-electron chi connectivity index (χ4n) is 4.92. The number of aromatic nitrogens is 8. The molecule has 4 aromatic heterocycles. The molecule has 5 rings (SSSR count). The Balaban J connectivity index is 1.55. The molecule has 11 nitrogen and oxygen atoms in total. The maximum absolute atomic E-state index is 14.0. The van der Waals surface area contributed by atoms with Crippen LogP contribution in [0.25, 0.3) is 28.3 Å². The highest BCUT2D eigenvalue weighted by atomic mass is 16.5. The Hall–Kier alpha value is -4.80. The van der Waals surface area contributed by atoms with Gasteiger partial charge in [-0.2, -0.15) is 0 Å². The van der Waals surface area contributed by atoms with Crippen LogP contribution in [0.4, 0.5) is 0 Å². The molecule has 4 heterocycles. The Morgan fingerprint density at radius 1 is 1.07 bits per heavy atom. The predicted molar refractivity (Wildman–Crippen MR) is 155 cm³/mol. The van der Waals surface area contributed by atoms with Gasteiger partial charge in [0.25, 0.3) is 0 Å². The summed E-state index contributed by atoms with van der Waals surface area (Å²) in [5, 5.41) is 14.1. The lowest BCUT2D eigenvalue weighted by Crippen LogP contribution is -2.27. The molecule has 0 aliphatic carbocycles. The maximum atomic E-state index is 14.0. The Labute approximate surface area is 237 Å². The third kappa shape index (κ3) is 5.74. The molecule has 0 spiro atoms. The Morgan fingerprint density at radius 2 is 1.88 bits per heavy atom. The molecule has 5 aromatic rings. The number of tetrazole rings is 1. The molecule has 0 aliphatic rings. The molecule has 0 saturated carbocycles. The zero-order chi connectivity index (χ0) is 28.9. The number of carbonyl (C=O) groups excluding carboxylic acids is 1. The Kier molecular flexibility index (Phi) is 8.23. The van der Waals surface area contributed by atoms with Crippen molar-refractivity contribution in [3.05, 3.63) is 88.5 Å². The van der Waals surface area contributed by atoms with Gasteiger partial charge in [-0.05, 0) is 79.4 Å². The van der Waals surface area contributed by atoms with Crippen molar-refractivity contribution in [2.45, 2.75) is 59.5 Å². The Morgan fingerprint density at radius 3 is 2.61 bits per heavy atom. The number of unbranched alkanes of at least 4 members (excludes halogenated alkanes) is 1. The number of H-pyrrole nitrogens is 1. The highest BCUT2D eigenvalue weighted by molar-refractivity contribution is 5.93. The van der Waals surface area contributed by atoms with Crippen LogP contribution in [0.15, 0.2) is 65.8 Å².